The van der Waals surface area contributed by atoms with Gasteiger partial charge in [0.2, 0.25) is 0 Å². The Morgan fingerprint density at radius 2 is 1.73 bits per heavy atom. The molecule has 0 heterocycles. The maximum absolute atomic E-state index is 12.3. The Morgan fingerprint density at radius 3 is 2.36 bits per heavy atom. The Bertz CT molecular complexity index is 673. The van der Waals surface area contributed by atoms with Crippen molar-refractivity contribution in [3.63, 3.8) is 0 Å². The normalized spacial score (nSPS) is 10.2. The van der Waals surface area contributed by atoms with E-state index in [4.69, 9.17) is 0 Å². The molecule has 2 rings (SSSR count). The molecule has 3 heteroatoms. The summed E-state index contributed by atoms with van der Waals surface area (Å²) in [6, 6.07) is 19.8. The van der Waals surface area contributed by atoms with Crippen molar-refractivity contribution in [3.8, 4) is 0 Å². The van der Waals surface area contributed by atoms with Gasteiger partial charge >= 0.3 is 0 Å². The lowest BCUT2D eigenvalue weighted by atomic mass is 10.2. The van der Waals surface area contributed by atoms with Crippen LogP contribution in [0, 0.1) is 0 Å². The fraction of sp³-hybridized carbons (Fsp3) is 0.0526. The summed E-state index contributed by atoms with van der Waals surface area (Å²) in [6.07, 6.45) is 3.14. The monoisotopic (exact) mass is 307 g/mol. The molecule has 0 radical (unpaired) electrons. The molecule has 0 aliphatic heterocycles. The van der Waals surface area contributed by atoms with Gasteiger partial charge in [0.25, 0.3) is 5.91 Å². The number of hydrogen-bond donors (Lipinski definition) is 0. The summed E-state index contributed by atoms with van der Waals surface area (Å²) in [5.41, 5.74) is 3.73. The molecule has 0 unspecified atom stereocenters. The standard InChI is InChI=1S/C19H17NOS/c1-2-14-20(16-17-9-5-3-6-10-17)19(21)13-15-22-18-11-7-4-8-12-18/h3-15H,1,16H2/b15-13-. The Morgan fingerprint density at radius 1 is 1.09 bits per heavy atom. The highest BCUT2D eigenvalue weighted by molar-refractivity contribution is 8.02. The van der Waals surface area contributed by atoms with Crippen LogP contribution in [0.5, 0.6) is 0 Å². The highest BCUT2D eigenvalue weighted by atomic mass is 32.2. The Labute approximate surface area is 135 Å². The first-order valence-electron chi connectivity index (χ1n) is 6.88. The van der Waals surface area contributed by atoms with Crippen LogP contribution in [0.2, 0.25) is 0 Å². The second-order valence-corrected chi connectivity index (χ2v) is 5.50. The topological polar surface area (TPSA) is 20.3 Å². The third-order valence-electron chi connectivity index (χ3n) is 2.88. The van der Waals surface area contributed by atoms with Gasteiger partial charge in [-0.3, -0.25) is 4.79 Å². The van der Waals surface area contributed by atoms with Crippen LogP contribution in [0.4, 0.5) is 0 Å². The van der Waals surface area contributed by atoms with Gasteiger partial charge in [-0.2, -0.15) is 0 Å². The van der Waals surface area contributed by atoms with E-state index in [2.05, 4.69) is 12.3 Å². The first-order valence-corrected chi connectivity index (χ1v) is 7.76. The first kappa shape index (κ1) is 15.9. The largest absolute Gasteiger partial charge is 0.304 e. The van der Waals surface area contributed by atoms with E-state index < -0.39 is 0 Å². The highest BCUT2D eigenvalue weighted by Crippen LogP contribution is 2.18. The van der Waals surface area contributed by atoms with Gasteiger partial charge in [-0.05, 0) is 23.1 Å². The van der Waals surface area contributed by atoms with Gasteiger partial charge in [0.1, 0.15) is 0 Å². The molecular formula is C19H17NOS. The molecule has 0 saturated heterocycles. The van der Waals surface area contributed by atoms with E-state index in [1.165, 1.54) is 11.8 Å². The highest BCUT2D eigenvalue weighted by Gasteiger charge is 2.07. The summed E-state index contributed by atoms with van der Waals surface area (Å²) < 4.78 is 0. The maximum Gasteiger partial charge on any atom is 0.251 e. The maximum atomic E-state index is 12.3. The van der Waals surface area contributed by atoms with Crippen LogP contribution in [0.1, 0.15) is 5.56 Å². The van der Waals surface area contributed by atoms with Gasteiger partial charge in [-0.1, -0.05) is 66.9 Å². The van der Waals surface area contributed by atoms with E-state index >= 15 is 0 Å². The molecule has 0 N–H and O–H groups in total. The second-order valence-electron chi connectivity index (χ2n) is 4.52. The third kappa shape index (κ3) is 5.13. The Kier molecular flexibility index (Phi) is 6.31. The first-order chi connectivity index (χ1) is 10.8. The average molecular weight is 307 g/mol. The van der Waals surface area contributed by atoms with Crippen molar-refractivity contribution in [3.05, 3.63) is 96.2 Å². The van der Waals surface area contributed by atoms with Crippen LogP contribution in [0.25, 0.3) is 0 Å². The molecule has 0 bridgehead atoms. The Balaban J connectivity index is 1.99. The number of hydrogen-bond acceptors (Lipinski definition) is 2. The van der Waals surface area contributed by atoms with Gasteiger partial charge < -0.3 is 4.90 Å². The minimum Gasteiger partial charge on any atom is -0.304 e. The number of benzene rings is 2. The molecule has 0 spiro atoms. The van der Waals surface area contributed by atoms with Crippen molar-refractivity contribution in [1.29, 1.82) is 0 Å². The summed E-state index contributed by atoms with van der Waals surface area (Å²) >= 11 is 1.51. The van der Waals surface area contributed by atoms with Gasteiger partial charge in [0.05, 0.1) is 6.54 Å². The van der Waals surface area contributed by atoms with E-state index in [1.54, 1.807) is 22.6 Å². The fourth-order valence-electron chi connectivity index (χ4n) is 1.84. The lowest BCUT2D eigenvalue weighted by Crippen LogP contribution is -2.22. The van der Waals surface area contributed by atoms with Crippen LogP contribution < -0.4 is 0 Å². The van der Waals surface area contributed by atoms with Gasteiger partial charge in [-0.15, -0.1) is 5.73 Å². The van der Waals surface area contributed by atoms with Crippen LogP contribution in [-0.2, 0) is 11.3 Å². The molecule has 2 aromatic rings. The summed E-state index contributed by atoms with van der Waals surface area (Å²) in [4.78, 5) is 14.9. The zero-order valence-corrected chi connectivity index (χ0v) is 13.0. The van der Waals surface area contributed by atoms with Crippen molar-refractivity contribution < 1.29 is 4.79 Å². The van der Waals surface area contributed by atoms with Crippen molar-refractivity contribution >= 4 is 17.7 Å². The Hall–Kier alpha value is -2.48. The van der Waals surface area contributed by atoms with Crippen molar-refractivity contribution in [2.24, 2.45) is 0 Å². The number of rotatable bonds is 6. The second kappa shape index (κ2) is 8.73. The molecule has 110 valence electrons. The quantitative estimate of drug-likeness (QED) is 0.441. The van der Waals surface area contributed by atoms with Gasteiger partial charge in [-0.25, -0.2) is 0 Å². The molecule has 1 amide bonds. The van der Waals surface area contributed by atoms with E-state index in [0.717, 1.165) is 10.5 Å². The van der Waals surface area contributed by atoms with E-state index in [-0.39, 0.29) is 5.91 Å². The predicted octanol–water partition coefficient (Wildman–Crippen LogP) is 4.62. The molecule has 2 nitrogen and oxygen atoms in total. The SMILES string of the molecule is C=C=CN(Cc1ccccc1)C(=O)/C=C\Sc1ccccc1. The molecule has 2 aromatic carbocycles. The van der Waals surface area contributed by atoms with E-state index in [1.807, 2.05) is 60.7 Å². The number of carbonyl (C=O) groups excluding carboxylic acids is 1. The third-order valence-corrected chi connectivity index (χ3v) is 3.70. The summed E-state index contributed by atoms with van der Waals surface area (Å²) in [7, 11) is 0. The summed E-state index contributed by atoms with van der Waals surface area (Å²) in [5, 5.41) is 1.80. The molecule has 0 aliphatic carbocycles. The average Bonchev–Trinajstić information content (AvgIpc) is 2.56. The van der Waals surface area contributed by atoms with Crippen LogP contribution in [0.3, 0.4) is 0 Å². The van der Waals surface area contributed by atoms with Crippen LogP contribution in [0.15, 0.2) is 95.6 Å². The van der Waals surface area contributed by atoms with Gasteiger partial charge in [0.15, 0.2) is 0 Å². The summed E-state index contributed by atoms with van der Waals surface area (Å²) in [6.45, 7) is 4.05. The van der Waals surface area contributed by atoms with Gasteiger partial charge in [0, 0.05) is 17.2 Å². The molecular weight excluding hydrogens is 290 g/mol. The van der Waals surface area contributed by atoms with Crippen molar-refractivity contribution in [2.45, 2.75) is 11.4 Å². The minimum atomic E-state index is -0.0940. The van der Waals surface area contributed by atoms with Crippen molar-refractivity contribution in [1.82, 2.24) is 4.90 Å². The van der Waals surface area contributed by atoms with Crippen LogP contribution in [-0.4, -0.2) is 10.8 Å². The molecule has 0 saturated carbocycles. The predicted molar refractivity (Wildman–Crippen MR) is 92.1 cm³/mol. The zero-order valence-electron chi connectivity index (χ0n) is 12.2. The number of amides is 1. The minimum absolute atomic E-state index is 0.0940. The molecule has 0 fully saturated rings. The zero-order chi connectivity index (χ0) is 15.6. The fourth-order valence-corrected chi connectivity index (χ4v) is 2.50. The van der Waals surface area contributed by atoms with Crippen LogP contribution >= 0.6 is 11.8 Å². The van der Waals surface area contributed by atoms with E-state index in [0.29, 0.717) is 6.54 Å². The molecule has 0 atom stereocenters. The lowest BCUT2D eigenvalue weighted by Gasteiger charge is -2.15. The van der Waals surface area contributed by atoms with Crippen molar-refractivity contribution in [2.75, 3.05) is 0 Å². The summed E-state index contributed by atoms with van der Waals surface area (Å²) in [5.74, 6) is -0.0940. The smallest absolute Gasteiger partial charge is 0.251 e. The number of carbonyl (C=O) groups is 1. The lowest BCUT2D eigenvalue weighted by molar-refractivity contribution is -0.124. The molecule has 0 aliphatic rings. The number of thioether (sulfide) groups is 1. The van der Waals surface area contributed by atoms with E-state index in [9.17, 15) is 4.79 Å². The number of nitrogens with zero attached hydrogens (tertiary/aromatic N) is 1. The molecule has 0 aromatic heterocycles. The molecule has 22 heavy (non-hydrogen) atoms.